The molecule has 0 saturated carbocycles. The van der Waals surface area contributed by atoms with E-state index in [-0.39, 0.29) is 0 Å². The van der Waals surface area contributed by atoms with E-state index in [2.05, 4.69) is 65.6 Å². The van der Waals surface area contributed by atoms with Crippen LogP contribution in [0, 0.1) is 11.8 Å². The molecule has 1 unspecified atom stereocenters. The molecule has 0 spiro atoms. The van der Waals surface area contributed by atoms with E-state index in [1.165, 1.54) is 16.8 Å². The van der Waals surface area contributed by atoms with Crippen LogP contribution in [0.5, 0.6) is 0 Å². The molecule has 0 fully saturated rings. The van der Waals surface area contributed by atoms with Gasteiger partial charge in [0.15, 0.2) is 0 Å². The zero-order valence-corrected chi connectivity index (χ0v) is 15.7. The largest absolute Gasteiger partial charge is 0.275 e. The zero-order valence-electron chi connectivity index (χ0n) is 15.7. The minimum Gasteiger partial charge on any atom is -0.275 e. The van der Waals surface area contributed by atoms with Crippen LogP contribution in [0.1, 0.15) is 40.3 Å². The van der Waals surface area contributed by atoms with Crippen molar-refractivity contribution in [2.45, 2.75) is 18.8 Å². The van der Waals surface area contributed by atoms with Gasteiger partial charge in [0.1, 0.15) is 0 Å². The monoisotopic (exact) mass is 364 g/mol. The van der Waals surface area contributed by atoms with Crippen LogP contribution in [0.25, 0.3) is 5.69 Å². The fraction of sp³-hybridized carbons (Fsp3) is 0.167. The topological polar surface area (TPSA) is 35.6 Å². The Morgan fingerprint density at radius 2 is 1.82 bits per heavy atom. The number of rotatable bonds is 2. The molecule has 0 bridgehead atoms. The normalized spacial score (nSPS) is 15.1. The molecule has 1 aliphatic carbocycles. The Hall–Kier alpha value is -3.58. The first kappa shape index (κ1) is 16.6. The summed E-state index contributed by atoms with van der Waals surface area (Å²) in [6.07, 6.45) is 8.08. The highest BCUT2D eigenvalue weighted by atomic mass is 15.3. The van der Waals surface area contributed by atoms with Gasteiger partial charge in [-0.15, -0.1) is 0 Å². The van der Waals surface area contributed by atoms with Gasteiger partial charge in [0.2, 0.25) is 0 Å². The molecule has 2 aromatic heterocycles. The molecule has 0 aliphatic heterocycles. The van der Waals surface area contributed by atoms with Gasteiger partial charge in [0, 0.05) is 30.9 Å². The predicted octanol–water partition coefficient (Wildman–Crippen LogP) is 4.08. The van der Waals surface area contributed by atoms with E-state index in [0.29, 0.717) is 5.92 Å². The Morgan fingerprint density at radius 3 is 2.64 bits per heavy atom. The summed E-state index contributed by atoms with van der Waals surface area (Å²) in [7, 11) is 1.89. The minimum absolute atomic E-state index is 0.394. The summed E-state index contributed by atoms with van der Waals surface area (Å²) in [5.41, 5.74) is 6.83. The van der Waals surface area contributed by atoms with Crippen LogP contribution >= 0.6 is 0 Å². The summed E-state index contributed by atoms with van der Waals surface area (Å²) in [4.78, 5) is 0. The van der Waals surface area contributed by atoms with Crippen molar-refractivity contribution in [2.75, 3.05) is 0 Å². The molecule has 2 aromatic carbocycles. The average Bonchev–Trinajstić information content (AvgIpc) is 3.43. The molecule has 4 aromatic rings. The minimum atomic E-state index is 0.394. The van der Waals surface area contributed by atoms with E-state index >= 15 is 0 Å². The molecule has 0 amide bonds. The highest BCUT2D eigenvalue weighted by molar-refractivity contribution is 5.47. The summed E-state index contributed by atoms with van der Waals surface area (Å²) in [5.74, 6) is 6.78. The number of aromatic nitrogens is 4. The third-order valence-corrected chi connectivity index (χ3v) is 5.22. The Labute approximate surface area is 164 Å². The molecule has 136 valence electrons. The molecule has 2 heterocycles. The first-order valence-corrected chi connectivity index (χ1v) is 9.51. The van der Waals surface area contributed by atoms with Crippen LogP contribution in [0.2, 0.25) is 0 Å². The lowest BCUT2D eigenvalue weighted by Gasteiger charge is -2.10. The van der Waals surface area contributed by atoms with Crippen molar-refractivity contribution in [3.05, 3.63) is 101 Å². The summed E-state index contributed by atoms with van der Waals surface area (Å²) in [6.45, 7) is 0. The van der Waals surface area contributed by atoms with Gasteiger partial charge in [-0.3, -0.25) is 4.68 Å². The van der Waals surface area contributed by atoms with Crippen LogP contribution < -0.4 is 0 Å². The summed E-state index contributed by atoms with van der Waals surface area (Å²) in [6, 6.07) is 18.9. The van der Waals surface area contributed by atoms with Gasteiger partial charge in [-0.2, -0.15) is 10.2 Å². The molecule has 4 heteroatoms. The lowest BCUT2D eigenvalue weighted by molar-refractivity contribution is 0.726. The molecule has 1 aliphatic rings. The smallest absolute Gasteiger partial charge is 0.0735 e. The highest BCUT2D eigenvalue weighted by Gasteiger charge is 2.27. The SMILES string of the molecule is Cn1cc(C#Cc2cccc(-n3cc4c(n3)C(c3ccccc3)CC4)c2)cn1. The summed E-state index contributed by atoms with van der Waals surface area (Å²) >= 11 is 0. The van der Waals surface area contributed by atoms with E-state index in [1.54, 1.807) is 10.9 Å². The third-order valence-electron chi connectivity index (χ3n) is 5.22. The van der Waals surface area contributed by atoms with Crippen LogP contribution in [0.3, 0.4) is 0 Å². The molecule has 0 radical (unpaired) electrons. The van der Waals surface area contributed by atoms with Gasteiger partial charge in [-0.25, -0.2) is 4.68 Å². The number of aryl methyl sites for hydroxylation is 2. The second kappa shape index (κ2) is 6.86. The van der Waals surface area contributed by atoms with Crippen molar-refractivity contribution in [2.24, 2.45) is 7.05 Å². The van der Waals surface area contributed by atoms with Crippen molar-refractivity contribution in [3.8, 4) is 17.5 Å². The van der Waals surface area contributed by atoms with Gasteiger partial charge in [0.05, 0.1) is 23.1 Å². The number of benzene rings is 2. The molecule has 0 saturated heterocycles. The average molecular weight is 364 g/mol. The molecule has 4 nitrogen and oxygen atoms in total. The second-order valence-electron chi connectivity index (χ2n) is 7.19. The van der Waals surface area contributed by atoms with Gasteiger partial charge in [0.25, 0.3) is 0 Å². The van der Waals surface area contributed by atoms with E-state index in [0.717, 1.165) is 29.7 Å². The van der Waals surface area contributed by atoms with Gasteiger partial charge < -0.3 is 0 Å². The molecule has 5 rings (SSSR count). The zero-order chi connectivity index (χ0) is 18.9. The van der Waals surface area contributed by atoms with E-state index in [9.17, 15) is 0 Å². The molecule has 1 atom stereocenters. The Bertz CT molecular complexity index is 1190. The van der Waals surface area contributed by atoms with Gasteiger partial charge in [-0.1, -0.05) is 48.2 Å². The van der Waals surface area contributed by atoms with Gasteiger partial charge in [-0.05, 0) is 42.2 Å². The fourth-order valence-electron chi connectivity index (χ4n) is 3.84. The van der Waals surface area contributed by atoms with Crippen LogP contribution in [0.4, 0.5) is 0 Å². The maximum Gasteiger partial charge on any atom is 0.0735 e. The van der Waals surface area contributed by atoms with E-state index in [1.807, 2.05) is 30.1 Å². The number of hydrogen-bond acceptors (Lipinski definition) is 2. The standard InChI is InChI=1S/C24H20N4/c1-27-16-19(15-25-27)11-10-18-6-5-9-22(14-18)28-17-21-12-13-23(24(21)26-28)20-7-3-2-4-8-20/h2-9,14-17,23H,12-13H2,1H3. The first-order chi connectivity index (χ1) is 13.8. The van der Waals surface area contributed by atoms with Crippen LogP contribution in [-0.4, -0.2) is 19.6 Å². The van der Waals surface area contributed by atoms with Crippen molar-refractivity contribution >= 4 is 0 Å². The highest BCUT2D eigenvalue weighted by Crippen LogP contribution is 2.37. The summed E-state index contributed by atoms with van der Waals surface area (Å²) in [5, 5.41) is 9.09. The molecule has 28 heavy (non-hydrogen) atoms. The van der Waals surface area contributed by atoms with Crippen molar-refractivity contribution < 1.29 is 0 Å². The molecular weight excluding hydrogens is 344 g/mol. The third kappa shape index (κ3) is 3.12. The van der Waals surface area contributed by atoms with Crippen molar-refractivity contribution in [1.82, 2.24) is 19.6 Å². The number of hydrogen-bond donors (Lipinski definition) is 0. The Kier molecular flexibility index (Phi) is 4.06. The second-order valence-corrected chi connectivity index (χ2v) is 7.19. The van der Waals surface area contributed by atoms with E-state index < -0.39 is 0 Å². The van der Waals surface area contributed by atoms with Gasteiger partial charge >= 0.3 is 0 Å². The number of fused-ring (bicyclic) bond motifs is 1. The first-order valence-electron chi connectivity index (χ1n) is 9.51. The maximum absolute atomic E-state index is 4.94. The number of nitrogens with zero attached hydrogens (tertiary/aromatic N) is 4. The lowest BCUT2D eigenvalue weighted by Crippen LogP contribution is -2.01. The van der Waals surface area contributed by atoms with E-state index in [4.69, 9.17) is 5.10 Å². The van der Waals surface area contributed by atoms with Crippen LogP contribution in [0.15, 0.2) is 73.2 Å². The van der Waals surface area contributed by atoms with Crippen molar-refractivity contribution in [3.63, 3.8) is 0 Å². The van der Waals surface area contributed by atoms with Crippen molar-refractivity contribution in [1.29, 1.82) is 0 Å². The Balaban J connectivity index is 1.45. The fourth-order valence-corrected chi connectivity index (χ4v) is 3.84. The summed E-state index contributed by atoms with van der Waals surface area (Å²) < 4.78 is 3.75. The lowest BCUT2D eigenvalue weighted by atomic mass is 9.97. The quantitative estimate of drug-likeness (QED) is 0.502. The molecular formula is C24H20N4. The molecule has 0 N–H and O–H groups in total. The predicted molar refractivity (Wildman–Crippen MR) is 109 cm³/mol. The Morgan fingerprint density at radius 1 is 0.964 bits per heavy atom. The maximum atomic E-state index is 4.94. The van der Waals surface area contributed by atoms with Crippen LogP contribution in [-0.2, 0) is 13.5 Å².